The van der Waals surface area contributed by atoms with Crippen molar-refractivity contribution in [3.63, 3.8) is 0 Å². The first-order valence-electron chi connectivity index (χ1n) is 8.98. The quantitative estimate of drug-likeness (QED) is 0.319. The number of thiophene rings is 1. The second-order valence-corrected chi connectivity index (χ2v) is 10.0. The van der Waals surface area contributed by atoms with Crippen molar-refractivity contribution in [1.82, 2.24) is 0 Å². The van der Waals surface area contributed by atoms with Gasteiger partial charge < -0.3 is 10.5 Å². The van der Waals surface area contributed by atoms with Crippen LogP contribution in [0.15, 0.2) is 82.3 Å². The van der Waals surface area contributed by atoms with Crippen LogP contribution in [-0.4, -0.2) is 33.5 Å². The Morgan fingerprint density at radius 3 is 2.55 bits per heavy atom. The number of nitrogens with two attached hydrogens (primary N) is 1. The minimum absolute atomic E-state index is 0.109. The lowest BCUT2D eigenvalue weighted by molar-refractivity contribution is -0.136. The van der Waals surface area contributed by atoms with Crippen LogP contribution in [0.25, 0.3) is 10.4 Å². The molecule has 0 saturated heterocycles. The number of aliphatic imine (C=N–C) groups is 1. The Bertz CT molecular complexity index is 1290. The summed E-state index contributed by atoms with van der Waals surface area (Å²) in [6, 6.07) is 17.4. The fourth-order valence-corrected chi connectivity index (χ4v) is 4.47. The summed E-state index contributed by atoms with van der Waals surface area (Å²) < 4.78 is 28.4. The summed E-state index contributed by atoms with van der Waals surface area (Å²) in [6.07, 6.45) is 2.60. The first-order chi connectivity index (χ1) is 14.7. The van der Waals surface area contributed by atoms with Crippen LogP contribution in [0.2, 0.25) is 5.02 Å². The molecule has 0 bridgehead atoms. The number of ether oxygens (including phenoxy) is 1. The molecule has 3 aromatic rings. The van der Waals surface area contributed by atoms with Gasteiger partial charge in [-0.05, 0) is 48.0 Å². The van der Waals surface area contributed by atoms with Gasteiger partial charge in [-0.15, -0.1) is 11.3 Å². The highest BCUT2D eigenvalue weighted by Crippen LogP contribution is 2.32. The predicted molar refractivity (Wildman–Crippen MR) is 125 cm³/mol. The molecule has 0 saturated carbocycles. The Morgan fingerprint density at radius 2 is 1.87 bits per heavy atom. The van der Waals surface area contributed by atoms with E-state index < -0.39 is 15.8 Å². The van der Waals surface area contributed by atoms with E-state index in [4.69, 9.17) is 17.3 Å². The van der Waals surface area contributed by atoms with Gasteiger partial charge in [0.05, 0.1) is 33.3 Å². The first kappa shape index (κ1) is 22.7. The second kappa shape index (κ2) is 9.47. The van der Waals surface area contributed by atoms with Gasteiger partial charge in [0.1, 0.15) is 5.70 Å². The molecule has 2 aromatic carbocycles. The van der Waals surface area contributed by atoms with Crippen LogP contribution in [-0.2, 0) is 19.4 Å². The SMILES string of the molecule is COC(=O)/C(N)=C/C(=Nc1ccccc1Cl)c1ccc(-c2cccc(S(C)(=O)=O)c2)s1. The van der Waals surface area contributed by atoms with Gasteiger partial charge in [0.25, 0.3) is 0 Å². The Labute approximate surface area is 189 Å². The average molecular weight is 475 g/mol. The molecule has 0 radical (unpaired) electrons. The average Bonchev–Trinajstić information content (AvgIpc) is 3.24. The molecule has 9 heteroatoms. The summed E-state index contributed by atoms with van der Waals surface area (Å²) in [7, 11) is -2.09. The van der Waals surface area contributed by atoms with Gasteiger partial charge in [-0.1, -0.05) is 35.9 Å². The molecule has 0 aliphatic rings. The van der Waals surface area contributed by atoms with Crippen LogP contribution >= 0.6 is 22.9 Å². The minimum atomic E-state index is -3.33. The molecule has 1 aromatic heterocycles. The van der Waals surface area contributed by atoms with Crippen molar-refractivity contribution in [2.45, 2.75) is 4.90 Å². The van der Waals surface area contributed by atoms with Gasteiger partial charge in [0.15, 0.2) is 9.84 Å². The van der Waals surface area contributed by atoms with Crippen LogP contribution < -0.4 is 5.73 Å². The number of carbonyl (C=O) groups excluding carboxylic acids is 1. The summed E-state index contributed by atoms with van der Waals surface area (Å²) in [5.41, 5.74) is 7.43. The third-order valence-electron chi connectivity index (χ3n) is 4.21. The Kier molecular flexibility index (Phi) is 6.94. The standard InChI is InChI=1S/C22H19ClN2O4S2/c1-29-22(26)17(24)13-19(25-18-9-4-3-8-16(18)23)21-11-10-20(30-21)14-6-5-7-15(12-14)31(2,27)28/h3-13H,24H2,1-2H3/b17-13-,25-19?. The number of para-hydroxylation sites is 1. The summed E-state index contributed by atoms with van der Waals surface area (Å²) in [5, 5.41) is 0.447. The van der Waals surface area contributed by atoms with E-state index in [0.717, 1.165) is 10.4 Å². The molecule has 3 rings (SSSR count). The van der Waals surface area contributed by atoms with Crippen molar-refractivity contribution in [3.05, 3.63) is 82.3 Å². The maximum atomic E-state index is 11.9. The van der Waals surface area contributed by atoms with Crippen LogP contribution in [0.3, 0.4) is 0 Å². The Hall–Kier alpha value is -2.94. The molecular formula is C22H19ClN2O4S2. The molecule has 0 aliphatic heterocycles. The summed E-state index contributed by atoms with van der Waals surface area (Å²) in [5.74, 6) is -0.676. The smallest absolute Gasteiger partial charge is 0.353 e. The van der Waals surface area contributed by atoms with E-state index in [0.29, 0.717) is 21.3 Å². The van der Waals surface area contributed by atoms with Crippen molar-refractivity contribution in [3.8, 4) is 10.4 Å². The van der Waals surface area contributed by atoms with Crippen molar-refractivity contribution in [2.24, 2.45) is 10.7 Å². The molecule has 1 heterocycles. The molecule has 160 valence electrons. The molecule has 31 heavy (non-hydrogen) atoms. The highest BCUT2D eigenvalue weighted by atomic mass is 35.5. The number of hydrogen-bond donors (Lipinski definition) is 1. The number of nitrogens with zero attached hydrogens (tertiary/aromatic N) is 1. The maximum Gasteiger partial charge on any atom is 0.353 e. The number of benzene rings is 2. The maximum absolute atomic E-state index is 11.9. The number of sulfone groups is 1. The van der Waals surface area contributed by atoms with E-state index >= 15 is 0 Å². The molecular weight excluding hydrogens is 456 g/mol. The van der Waals surface area contributed by atoms with Crippen LogP contribution in [0.4, 0.5) is 5.69 Å². The number of carbonyl (C=O) groups is 1. The van der Waals surface area contributed by atoms with E-state index in [2.05, 4.69) is 9.73 Å². The number of methoxy groups -OCH3 is 1. The molecule has 0 fully saturated rings. The van der Waals surface area contributed by atoms with E-state index in [9.17, 15) is 13.2 Å². The van der Waals surface area contributed by atoms with Gasteiger partial charge >= 0.3 is 5.97 Å². The highest BCUT2D eigenvalue weighted by Gasteiger charge is 2.14. The second-order valence-electron chi connectivity index (χ2n) is 6.50. The van der Waals surface area contributed by atoms with E-state index in [1.807, 2.05) is 18.2 Å². The normalized spacial score (nSPS) is 12.6. The summed E-state index contributed by atoms with van der Waals surface area (Å²) >= 11 is 7.62. The van der Waals surface area contributed by atoms with Crippen LogP contribution in [0.5, 0.6) is 0 Å². The Morgan fingerprint density at radius 1 is 1.13 bits per heavy atom. The van der Waals surface area contributed by atoms with Crippen molar-refractivity contribution < 1.29 is 17.9 Å². The largest absolute Gasteiger partial charge is 0.464 e. The van der Waals surface area contributed by atoms with Gasteiger partial charge in [-0.3, -0.25) is 0 Å². The number of allylic oxidation sites excluding steroid dienone is 1. The first-order valence-corrected chi connectivity index (χ1v) is 12.1. The van der Waals surface area contributed by atoms with Gasteiger partial charge in [-0.25, -0.2) is 18.2 Å². The molecule has 0 atom stereocenters. The molecule has 6 nitrogen and oxygen atoms in total. The molecule has 0 spiro atoms. The number of hydrogen-bond acceptors (Lipinski definition) is 7. The monoisotopic (exact) mass is 474 g/mol. The zero-order valence-corrected chi connectivity index (χ0v) is 19.1. The number of esters is 1. The lowest BCUT2D eigenvalue weighted by Gasteiger charge is -2.04. The van der Waals surface area contributed by atoms with E-state index in [1.165, 1.54) is 30.8 Å². The zero-order valence-electron chi connectivity index (χ0n) is 16.7. The topological polar surface area (TPSA) is 98.8 Å². The third-order valence-corrected chi connectivity index (χ3v) is 6.80. The lowest BCUT2D eigenvalue weighted by Crippen LogP contribution is -2.14. The van der Waals surface area contributed by atoms with Crippen molar-refractivity contribution >= 4 is 50.1 Å². The van der Waals surface area contributed by atoms with Crippen LogP contribution in [0.1, 0.15) is 4.88 Å². The number of rotatable bonds is 6. The van der Waals surface area contributed by atoms with Gasteiger partial charge in [0, 0.05) is 11.1 Å². The zero-order chi connectivity index (χ0) is 22.6. The van der Waals surface area contributed by atoms with E-state index in [1.54, 1.807) is 42.5 Å². The van der Waals surface area contributed by atoms with E-state index in [-0.39, 0.29) is 10.6 Å². The fraction of sp³-hybridized carbons (Fsp3) is 0.0909. The van der Waals surface area contributed by atoms with Crippen molar-refractivity contribution in [2.75, 3.05) is 13.4 Å². The third kappa shape index (κ3) is 5.61. The summed E-state index contributed by atoms with van der Waals surface area (Å²) in [6.45, 7) is 0. The fourth-order valence-electron chi connectivity index (χ4n) is 2.67. The molecule has 0 amide bonds. The molecule has 0 unspecified atom stereocenters. The van der Waals surface area contributed by atoms with Crippen molar-refractivity contribution in [1.29, 1.82) is 0 Å². The summed E-state index contributed by atoms with van der Waals surface area (Å²) in [4.78, 5) is 18.2. The van der Waals surface area contributed by atoms with Gasteiger partial charge in [0.2, 0.25) is 0 Å². The minimum Gasteiger partial charge on any atom is -0.464 e. The Balaban J connectivity index is 2.09. The number of halogens is 1. The predicted octanol–water partition coefficient (Wildman–Crippen LogP) is 4.61. The van der Waals surface area contributed by atoms with Crippen LogP contribution in [0, 0.1) is 0 Å². The highest BCUT2D eigenvalue weighted by molar-refractivity contribution is 7.90. The van der Waals surface area contributed by atoms with Gasteiger partial charge in [-0.2, -0.15) is 0 Å². The molecule has 2 N–H and O–H groups in total. The lowest BCUT2D eigenvalue weighted by atomic mass is 10.2. The molecule has 0 aliphatic carbocycles.